The fourth-order valence-electron chi connectivity index (χ4n) is 4.15. The zero-order valence-corrected chi connectivity index (χ0v) is 25.9. The first-order valence-corrected chi connectivity index (χ1v) is 14.7. The number of ether oxygens (including phenoxy) is 1. The van der Waals surface area contributed by atoms with Gasteiger partial charge in [0.05, 0.1) is 18.4 Å². The molecule has 0 bridgehead atoms. The number of hydrogen-bond donors (Lipinski definition) is 4. The van der Waals surface area contributed by atoms with E-state index >= 15 is 0 Å². The third-order valence-electron chi connectivity index (χ3n) is 6.93. The van der Waals surface area contributed by atoms with Gasteiger partial charge < -0.3 is 25.6 Å². The van der Waals surface area contributed by atoms with Gasteiger partial charge in [0.2, 0.25) is 5.82 Å². The van der Waals surface area contributed by atoms with E-state index in [-0.39, 0.29) is 44.4 Å². The number of carbonyl (C=O) groups is 2. The summed E-state index contributed by atoms with van der Waals surface area (Å²) >= 11 is 0.976. The lowest BCUT2D eigenvalue weighted by Crippen LogP contribution is -2.29. The Morgan fingerprint density at radius 3 is 2.64 bits per heavy atom. The van der Waals surface area contributed by atoms with Crippen molar-refractivity contribution in [3.63, 3.8) is 0 Å². The summed E-state index contributed by atoms with van der Waals surface area (Å²) in [5, 5.41) is 11.8. The number of urea groups is 1. The molecule has 2 aromatic carbocycles. The number of methoxy groups -OCH3 is 1. The SMILES string of the molecule is C=CC(C)C(C)/C=C(\C)CCNC(=O)Nc1nc(N)c(-c2nc(-c3cc(NC(=O)c4cccc(OC)c4)c(F)cc3F)no2)s1. The molecule has 0 aliphatic carbocycles. The van der Waals surface area contributed by atoms with Crippen molar-refractivity contribution in [1.82, 2.24) is 20.4 Å². The monoisotopic (exact) mass is 637 g/mol. The maximum Gasteiger partial charge on any atom is 0.321 e. The Kier molecular flexibility index (Phi) is 10.6. The number of amides is 3. The molecule has 4 aromatic rings. The molecule has 14 heteroatoms. The summed E-state index contributed by atoms with van der Waals surface area (Å²) in [5.41, 5.74) is 6.85. The first-order chi connectivity index (χ1) is 21.5. The zero-order chi connectivity index (χ0) is 32.7. The lowest BCUT2D eigenvalue weighted by Gasteiger charge is -2.13. The number of carbonyl (C=O) groups excluding carboxylic acids is 2. The molecule has 2 atom stereocenters. The van der Waals surface area contributed by atoms with Crippen molar-refractivity contribution in [3.8, 4) is 27.9 Å². The van der Waals surface area contributed by atoms with Crippen LogP contribution in [0.5, 0.6) is 5.75 Å². The number of thiazole rings is 1. The van der Waals surface area contributed by atoms with Gasteiger partial charge in [0.15, 0.2) is 5.13 Å². The van der Waals surface area contributed by atoms with Crippen LogP contribution in [-0.2, 0) is 0 Å². The molecule has 2 heterocycles. The van der Waals surface area contributed by atoms with E-state index in [1.165, 1.54) is 19.2 Å². The first-order valence-electron chi connectivity index (χ1n) is 13.9. The Morgan fingerprint density at radius 1 is 1.13 bits per heavy atom. The molecule has 5 N–H and O–H groups in total. The molecule has 4 rings (SSSR count). The van der Waals surface area contributed by atoms with E-state index in [9.17, 15) is 18.4 Å². The van der Waals surface area contributed by atoms with Crippen molar-refractivity contribution in [2.24, 2.45) is 11.8 Å². The van der Waals surface area contributed by atoms with E-state index in [0.29, 0.717) is 36.6 Å². The van der Waals surface area contributed by atoms with Crippen LogP contribution < -0.4 is 26.4 Å². The van der Waals surface area contributed by atoms with E-state index in [1.807, 2.05) is 13.0 Å². The van der Waals surface area contributed by atoms with Crippen molar-refractivity contribution >= 4 is 39.9 Å². The molecule has 0 aliphatic heterocycles. The average Bonchev–Trinajstić information content (AvgIpc) is 3.64. The number of hydrogen-bond acceptors (Lipinski definition) is 9. The molecule has 0 spiro atoms. The van der Waals surface area contributed by atoms with Gasteiger partial charge in [-0.25, -0.2) is 18.6 Å². The first kappa shape index (κ1) is 32.8. The maximum atomic E-state index is 14.8. The van der Waals surface area contributed by atoms with Crippen molar-refractivity contribution in [3.05, 3.63) is 77.9 Å². The normalized spacial score (nSPS) is 12.7. The van der Waals surface area contributed by atoms with Crippen molar-refractivity contribution in [2.75, 3.05) is 30.0 Å². The number of nitrogens with zero attached hydrogens (tertiary/aromatic N) is 3. The molecular formula is C31H33F2N7O4S. The van der Waals surface area contributed by atoms with Gasteiger partial charge >= 0.3 is 6.03 Å². The molecule has 11 nitrogen and oxygen atoms in total. The van der Waals surface area contributed by atoms with Crippen LogP contribution in [0.2, 0.25) is 0 Å². The summed E-state index contributed by atoms with van der Waals surface area (Å²) < 4.78 is 39.8. The summed E-state index contributed by atoms with van der Waals surface area (Å²) in [6, 6.07) is 7.44. The number of nitrogen functional groups attached to an aromatic ring is 1. The number of anilines is 3. The fraction of sp³-hybridized carbons (Fsp3) is 0.258. The number of rotatable bonds is 12. The fourth-order valence-corrected chi connectivity index (χ4v) is 4.95. The third-order valence-corrected chi connectivity index (χ3v) is 7.90. The van der Waals surface area contributed by atoms with Crippen LogP contribution >= 0.6 is 11.3 Å². The van der Waals surface area contributed by atoms with Gasteiger partial charge in [-0.15, -0.1) is 6.58 Å². The lowest BCUT2D eigenvalue weighted by atomic mass is 9.93. The van der Waals surface area contributed by atoms with Gasteiger partial charge in [0.25, 0.3) is 11.8 Å². The van der Waals surface area contributed by atoms with Crippen LogP contribution in [-0.4, -0.2) is 40.7 Å². The average molecular weight is 638 g/mol. The standard InChI is InChI=1S/C31H33F2N7O4S/c1-6-17(3)18(4)12-16(2)10-11-35-30(42)39-31-37-26(34)25(45-31)29-38-27(40-44-29)21-14-24(23(33)15-22(21)32)36-28(41)19-8-7-9-20(13-19)43-5/h6-9,12-15,17-18H,1,10-11,34H2,2-5H3,(H,36,41)(H2,35,37,39,42)/b16-12+. The topological polar surface area (TPSA) is 157 Å². The van der Waals surface area contributed by atoms with Crippen LogP contribution in [0.3, 0.4) is 0 Å². The summed E-state index contributed by atoms with van der Waals surface area (Å²) in [5.74, 6) is -1.81. The van der Waals surface area contributed by atoms with Crippen LogP contribution in [0.15, 0.2) is 65.2 Å². The highest BCUT2D eigenvalue weighted by atomic mass is 32.1. The van der Waals surface area contributed by atoms with E-state index in [2.05, 4.69) is 57.6 Å². The molecule has 0 aliphatic rings. The second-order valence-corrected chi connectivity index (χ2v) is 11.3. The van der Waals surface area contributed by atoms with Gasteiger partial charge in [-0.3, -0.25) is 10.1 Å². The molecule has 2 unspecified atom stereocenters. The summed E-state index contributed by atoms with van der Waals surface area (Å²) in [4.78, 5) is 33.7. The Hall–Kier alpha value is -5.11. The molecule has 45 heavy (non-hydrogen) atoms. The Morgan fingerprint density at radius 2 is 1.91 bits per heavy atom. The quantitative estimate of drug-likeness (QED) is 0.122. The Bertz CT molecular complexity index is 1740. The molecule has 0 radical (unpaired) electrons. The van der Waals surface area contributed by atoms with Gasteiger partial charge in [0.1, 0.15) is 28.1 Å². The Balaban J connectivity index is 1.43. The highest BCUT2D eigenvalue weighted by molar-refractivity contribution is 7.19. The van der Waals surface area contributed by atoms with Crippen LogP contribution in [0.1, 0.15) is 37.6 Å². The lowest BCUT2D eigenvalue weighted by molar-refractivity contribution is 0.102. The largest absolute Gasteiger partial charge is 0.497 e. The van der Waals surface area contributed by atoms with E-state index in [1.54, 1.807) is 12.1 Å². The Labute approximate surface area is 262 Å². The van der Waals surface area contributed by atoms with Gasteiger partial charge in [0, 0.05) is 18.2 Å². The minimum atomic E-state index is -1.00. The van der Waals surface area contributed by atoms with Crippen LogP contribution in [0.4, 0.5) is 30.2 Å². The predicted molar refractivity (Wildman–Crippen MR) is 170 cm³/mol. The highest BCUT2D eigenvalue weighted by Gasteiger charge is 2.22. The molecule has 236 valence electrons. The number of nitrogens with one attached hydrogen (secondary N) is 3. The van der Waals surface area contributed by atoms with E-state index in [4.69, 9.17) is 15.0 Å². The predicted octanol–water partition coefficient (Wildman–Crippen LogP) is 6.90. The number of allylic oxidation sites excluding steroid dienone is 2. The molecule has 0 saturated carbocycles. The second-order valence-electron chi connectivity index (χ2n) is 10.3. The van der Waals surface area contributed by atoms with Crippen molar-refractivity contribution in [2.45, 2.75) is 27.2 Å². The molecule has 2 aromatic heterocycles. The third kappa shape index (κ3) is 8.29. The number of benzene rings is 2. The van der Waals surface area contributed by atoms with Crippen LogP contribution in [0.25, 0.3) is 22.2 Å². The molecule has 0 fully saturated rings. The van der Waals surface area contributed by atoms with Gasteiger partial charge in [-0.05, 0) is 49.4 Å². The number of halogens is 2. The van der Waals surface area contributed by atoms with Crippen molar-refractivity contribution < 1.29 is 27.6 Å². The van der Waals surface area contributed by atoms with Crippen molar-refractivity contribution in [1.29, 1.82) is 0 Å². The van der Waals surface area contributed by atoms with E-state index in [0.717, 1.165) is 23.0 Å². The molecule has 0 saturated heterocycles. The number of nitrogens with two attached hydrogens (primary N) is 1. The summed E-state index contributed by atoms with van der Waals surface area (Å²) in [6.07, 6.45) is 4.74. The summed E-state index contributed by atoms with van der Waals surface area (Å²) in [7, 11) is 1.45. The minimum absolute atomic E-state index is 0.000392. The minimum Gasteiger partial charge on any atom is -0.497 e. The zero-order valence-electron chi connectivity index (χ0n) is 25.1. The van der Waals surface area contributed by atoms with Gasteiger partial charge in [-0.2, -0.15) is 4.98 Å². The van der Waals surface area contributed by atoms with Crippen LogP contribution in [0, 0.1) is 23.5 Å². The molecule has 3 amide bonds. The summed E-state index contributed by atoms with van der Waals surface area (Å²) in [6.45, 7) is 10.5. The second kappa shape index (κ2) is 14.6. The maximum absolute atomic E-state index is 14.8. The smallest absolute Gasteiger partial charge is 0.321 e. The van der Waals surface area contributed by atoms with Gasteiger partial charge in [-0.1, -0.05) is 54.1 Å². The highest BCUT2D eigenvalue weighted by Crippen LogP contribution is 2.36. The van der Waals surface area contributed by atoms with E-state index < -0.39 is 23.6 Å². The molecular weight excluding hydrogens is 604 g/mol. The number of aromatic nitrogens is 3.